The highest BCUT2D eigenvalue weighted by Gasteiger charge is 2.13. The van der Waals surface area contributed by atoms with Crippen molar-refractivity contribution < 1.29 is 28.5 Å². The van der Waals surface area contributed by atoms with E-state index in [0.29, 0.717) is 18.6 Å². The predicted octanol–water partition coefficient (Wildman–Crippen LogP) is 16.6. The monoisotopic (exact) mass is 922 g/mol. The van der Waals surface area contributed by atoms with Gasteiger partial charge < -0.3 is 18.9 Å². The number of carbonyl (C=O) groups is 2. The third-order valence-corrected chi connectivity index (χ3v) is 12.1. The lowest BCUT2D eigenvalue weighted by Gasteiger charge is -2.13. The molecule has 0 bridgehead atoms. The van der Waals surface area contributed by atoms with E-state index in [1.165, 1.54) is 103 Å². The van der Waals surface area contributed by atoms with Crippen LogP contribution >= 0.6 is 0 Å². The summed E-state index contributed by atoms with van der Waals surface area (Å²) in [6.45, 7) is 15.6. The fraction of sp³-hybridized carbons (Fsp3) is 0.492. The molecule has 0 aliphatic rings. The van der Waals surface area contributed by atoms with Crippen LogP contribution in [0.5, 0.6) is 11.5 Å². The van der Waals surface area contributed by atoms with Crippen LogP contribution in [0.4, 0.5) is 0 Å². The average Bonchev–Trinajstić information content (AvgIpc) is 3.36. The van der Waals surface area contributed by atoms with Crippen molar-refractivity contribution in [3.8, 4) is 34.5 Å². The summed E-state index contributed by atoms with van der Waals surface area (Å²) in [7, 11) is 0. The Hall–Kier alpha value is -5.79. The maximum Gasteiger partial charge on any atom is 0.338 e. The molecule has 1 unspecified atom stereocenters. The van der Waals surface area contributed by atoms with E-state index in [0.717, 1.165) is 84.4 Å². The minimum absolute atomic E-state index is 0.0508. The van der Waals surface area contributed by atoms with Crippen LogP contribution in [0.2, 0.25) is 0 Å². The zero-order valence-electron chi connectivity index (χ0n) is 41.7. The van der Waals surface area contributed by atoms with Crippen molar-refractivity contribution in [2.24, 2.45) is 0 Å². The van der Waals surface area contributed by atoms with E-state index in [1.54, 1.807) is 6.08 Å². The summed E-state index contributed by atoms with van der Waals surface area (Å²) in [4.78, 5) is 28.7. The fourth-order valence-corrected chi connectivity index (χ4v) is 7.92. The molecule has 0 radical (unpaired) electrons. The molecule has 68 heavy (non-hydrogen) atoms. The maximum absolute atomic E-state index is 12.7. The average molecular weight is 922 g/mol. The summed E-state index contributed by atoms with van der Waals surface area (Å²) in [6, 6.07) is 30.9. The van der Waals surface area contributed by atoms with E-state index in [9.17, 15) is 9.59 Å². The van der Waals surface area contributed by atoms with Gasteiger partial charge in [0.15, 0.2) is 0 Å². The molecule has 0 spiro atoms. The van der Waals surface area contributed by atoms with Crippen LogP contribution in [0, 0.1) is 18.4 Å². The zero-order chi connectivity index (χ0) is 48.3. The number of esters is 2. The number of benzene rings is 4. The molecule has 0 aromatic heterocycles. The van der Waals surface area contributed by atoms with Crippen molar-refractivity contribution in [2.75, 3.05) is 19.8 Å². The molecule has 4 aromatic carbocycles. The lowest BCUT2D eigenvalue weighted by molar-refractivity contribution is -0.138. The topological polar surface area (TPSA) is 75.4 Å². The Labute approximate surface area is 410 Å². The van der Waals surface area contributed by atoms with E-state index in [4.69, 9.17) is 25.5 Å². The van der Waals surface area contributed by atoms with Gasteiger partial charge in [0.05, 0.1) is 38.1 Å². The van der Waals surface area contributed by atoms with Crippen molar-refractivity contribution in [3.05, 3.63) is 136 Å². The standard InChI is InChI=1S/C61H79NO6/c1-5-7-9-11-12-13-14-15-16-17-18-19-20-24-46-65-57-42-34-52(35-43-57)29-28-51-30-32-53(33-31-51)49-59(62-4)61(64)67-48-26-22-21-25-47-66-58-44-40-55(41-45-58)54-36-38-56(39-37-54)60(63)68-50(3)27-23-10-8-6-2/h30-45,49-50H,5-27,46-48H2,1-3H3. The molecule has 0 heterocycles. The first-order valence-corrected chi connectivity index (χ1v) is 26.0. The second-order valence-electron chi connectivity index (χ2n) is 18.0. The van der Waals surface area contributed by atoms with E-state index < -0.39 is 5.97 Å². The number of hydrogen-bond acceptors (Lipinski definition) is 6. The molecule has 7 nitrogen and oxygen atoms in total. The van der Waals surface area contributed by atoms with Crippen molar-refractivity contribution in [3.63, 3.8) is 0 Å². The molecule has 0 saturated heterocycles. The van der Waals surface area contributed by atoms with Gasteiger partial charge in [0, 0.05) is 11.1 Å². The maximum atomic E-state index is 12.7. The Morgan fingerprint density at radius 2 is 0.941 bits per heavy atom. The van der Waals surface area contributed by atoms with Crippen LogP contribution in [0.1, 0.15) is 195 Å². The Kier molecular flexibility index (Phi) is 27.8. The number of ether oxygens (including phenoxy) is 4. The van der Waals surface area contributed by atoms with Crippen molar-refractivity contribution in [2.45, 2.75) is 175 Å². The SMILES string of the molecule is [C-]#[N+]C(=Cc1ccc(C#Cc2ccc(OCCCCCCCCCCCCCCCC)cc2)cc1)C(=O)OCCCCCCOc1ccc(-c2ccc(C(=O)OC(C)CCCCCC)cc2)cc1. The molecule has 7 heteroatoms. The number of rotatable bonds is 34. The lowest BCUT2D eigenvalue weighted by Crippen LogP contribution is -2.15. The van der Waals surface area contributed by atoms with Crippen molar-refractivity contribution in [1.29, 1.82) is 0 Å². The van der Waals surface area contributed by atoms with E-state index >= 15 is 0 Å². The van der Waals surface area contributed by atoms with Gasteiger partial charge >= 0.3 is 11.9 Å². The molecule has 0 fully saturated rings. The van der Waals surface area contributed by atoms with Crippen LogP contribution in [0.3, 0.4) is 0 Å². The second-order valence-corrected chi connectivity index (χ2v) is 18.0. The highest BCUT2D eigenvalue weighted by Crippen LogP contribution is 2.24. The van der Waals surface area contributed by atoms with Crippen LogP contribution in [0.25, 0.3) is 22.0 Å². The molecule has 0 aliphatic carbocycles. The smallest absolute Gasteiger partial charge is 0.338 e. The van der Waals surface area contributed by atoms with Gasteiger partial charge in [-0.2, -0.15) is 0 Å². The van der Waals surface area contributed by atoms with Gasteiger partial charge in [-0.3, -0.25) is 4.79 Å². The van der Waals surface area contributed by atoms with Gasteiger partial charge in [0.2, 0.25) is 0 Å². The molecule has 364 valence electrons. The van der Waals surface area contributed by atoms with Crippen molar-refractivity contribution >= 4 is 18.0 Å². The highest BCUT2D eigenvalue weighted by atomic mass is 16.5. The highest BCUT2D eigenvalue weighted by molar-refractivity contribution is 5.95. The molecule has 4 rings (SSSR count). The van der Waals surface area contributed by atoms with Crippen LogP contribution in [-0.2, 0) is 14.3 Å². The van der Waals surface area contributed by atoms with E-state index in [-0.39, 0.29) is 24.4 Å². The Morgan fingerprint density at radius 1 is 0.529 bits per heavy atom. The molecular formula is C61H79NO6. The molecule has 0 amide bonds. The molecule has 4 aromatic rings. The van der Waals surface area contributed by atoms with E-state index in [2.05, 4.69) is 30.5 Å². The summed E-state index contributed by atoms with van der Waals surface area (Å²) in [5.74, 6) is 7.19. The molecule has 0 aliphatic heterocycles. The van der Waals surface area contributed by atoms with Crippen LogP contribution in [0.15, 0.2) is 103 Å². The molecule has 0 saturated carbocycles. The van der Waals surface area contributed by atoms with Gasteiger partial charge in [-0.05, 0) is 135 Å². The molecular weight excluding hydrogens is 843 g/mol. The molecule has 0 N–H and O–H groups in total. The van der Waals surface area contributed by atoms with Gasteiger partial charge in [0.1, 0.15) is 11.5 Å². The first-order valence-electron chi connectivity index (χ1n) is 26.0. The van der Waals surface area contributed by atoms with Gasteiger partial charge in [0.25, 0.3) is 5.70 Å². The third-order valence-electron chi connectivity index (χ3n) is 12.1. The minimum Gasteiger partial charge on any atom is -0.494 e. The zero-order valence-corrected chi connectivity index (χ0v) is 41.7. The molecule has 1 atom stereocenters. The largest absolute Gasteiger partial charge is 0.494 e. The van der Waals surface area contributed by atoms with Crippen LogP contribution in [-0.4, -0.2) is 37.9 Å². The summed E-state index contributed by atoms with van der Waals surface area (Å²) in [5.41, 5.74) is 5.05. The summed E-state index contributed by atoms with van der Waals surface area (Å²) < 4.78 is 23.0. The fourth-order valence-electron chi connectivity index (χ4n) is 7.92. The predicted molar refractivity (Wildman–Crippen MR) is 280 cm³/mol. The van der Waals surface area contributed by atoms with Crippen molar-refractivity contribution in [1.82, 2.24) is 0 Å². The van der Waals surface area contributed by atoms with Gasteiger partial charge in [-0.25, -0.2) is 9.64 Å². The summed E-state index contributed by atoms with van der Waals surface area (Å²) in [6.07, 6.45) is 29.3. The third kappa shape index (κ3) is 23.3. The Bertz CT molecular complexity index is 2120. The minimum atomic E-state index is -0.612. The van der Waals surface area contributed by atoms with Gasteiger partial charge in [-0.1, -0.05) is 165 Å². The number of hydrogen-bond donors (Lipinski definition) is 0. The summed E-state index contributed by atoms with van der Waals surface area (Å²) >= 11 is 0. The van der Waals surface area contributed by atoms with E-state index in [1.807, 2.05) is 104 Å². The Balaban J connectivity index is 1.03. The second kappa shape index (κ2) is 34.5. The number of nitrogens with zero attached hydrogens (tertiary/aromatic N) is 1. The quantitative estimate of drug-likeness (QED) is 0.0153. The number of unbranched alkanes of at least 4 members (excludes halogenated alkanes) is 19. The first-order chi connectivity index (χ1) is 33.4. The summed E-state index contributed by atoms with van der Waals surface area (Å²) in [5, 5.41) is 0. The lowest BCUT2D eigenvalue weighted by atomic mass is 10.0. The first kappa shape index (κ1) is 54.8. The van der Waals surface area contributed by atoms with Crippen LogP contribution < -0.4 is 9.47 Å². The van der Waals surface area contributed by atoms with Gasteiger partial charge in [-0.15, -0.1) is 0 Å². The Morgan fingerprint density at radius 3 is 1.43 bits per heavy atom. The normalized spacial score (nSPS) is 11.5. The number of carbonyl (C=O) groups excluding carboxylic acids is 2.